The van der Waals surface area contributed by atoms with E-state index in [0.717, 1.165) is 72.3 Å². The molecule has 1 atom stereocenters. The summed E-state index contributed by atoms with van der Waals surface area (Å²) in [4.78, 5) is 17.7. The molecule has 1 aliphatic heterocycles. The first kappa shape index (κ1) is 14.6. The zero-order chi connectivity index (χ0) is 16.0. The second-order valence-electron chi connectivity index (χ2n) is 6.52. The highest BCUT2D eigenvalue weighted by Gasteiger charge is 2.27. The molecule has 1 N–H and O–H groups in total. The van der Waals surface area contributed by atoms with Gasteiger partial charge in [0, 0.05) is 25.9 Å². The summed E-state index contributed by atoms with van der Waals surface area (Å²) in [5.74, 6) is -0.0119. The SMILES string of the molecule is Cc1nn(C)c2nc3c(c(C(=O)NC[C@@H]4CCCO4)c12)CCC3. The van der Waals surface area contributed by atoms with Crippen molar-refractivity contribution >= 4 is 16.9 Å². The number of nitrogens with zero attached hydrogens (tertiary/aromatic N) is 3. The van der Waals surface area contributed by atoms with Gasteiger partial charge in [0.05, 0.1) is 22.7 Å². The van der Waals surface area contributed by atoms with Gasteiger partial charge in [-0.15, -0.1) is 0 Å². The van der Waals surface area contributed by atoms with E-state index in [1.54, 1.807) is 4.68 Å². The van der Waals surface area contributed by atoms with E-state index in [2.05, 4.69) is 10.4 Å². The van der Waals surface area contributed by atoms with E-state index in [4.69, 9.17) is 9.72 Å². The maximum atomic E-state index is 12.9. The van der Waals surface area contributed by atoms with Crippen LogP contribution in [0, 0.1) is 6.92 Å². The van der Waals surface area contributed by atoms with Crippen molar-refractivity contribution < 1.29 is 9.53 Å². The Kier molecular flexibility index (Phi) is 3.56. The van der Waals surface area contributed by atoms with E-state index in [0.29, 0.717) is 6.54 Å². The minimum absolute atomic E-state index is 0.0119. The van der Waals surface area contributed by atoms with Gasteiger partial charge in [-0.1, -0.05) is 0 Å². The Labute approximate surface area is 135 Å². The summed E-state index contributed by atoms with van der Waals surface area (Å²) in [6.07, 6.45) is 5.19. The minimum Gasteiger partial charge on any atom is -0.376 e. The number of carbonyl (C=O) groups is 1. The van der Waals surface area contributed by atoms with Crippen LogP contribution in [0.4, 0.5) is 0 Å². The average molecular weight is 314 g/mol. The standard InChI is InChI=1S/C17H22N4O2/c1-10-14-15(17(22)18-9-11-5-4-8-23-11)12-6-3-7-13(12)19-16(14)21(2)20-10/h11H,3-9H2,1-2H3,(H,18,22)/t11-/m0/s1. The molecule has 122 valence electrons. The lowest BCUT2D eigenvalue weighted by Crippen LogP contribution is -2.32. The molecule has 2 aliphatic rings. The number of hydrogen-bond donors (Lipinski definition) is 1. The Morgan fingerprint density at radius 1 is 1.39 bits per heavy atom. The van der Waals surface area contributed by atoms with Crippen LogP contribution in [0.5, 0.6) is 0 Å². The summed E-state index contributed by atoms with van der Waals surface area (Å²) >= 11 is 0. The van der Waals surface area contributed by atoms with Gasteiger partial charge >= 0.3 is 0 Å². The van der Waals surface area contributed by atoms with Gasteiger partial charge in [0.25, 0.3) is 5.91 Å². The van der Waals surface area contributed by atoms with Crippen LogP contribution in [-0.2, 0) is 24.6 Å². The van der Waals surface area contributed by atoms with Crippen LogP contribution in [0.1, 0.15) is 46.6 Å². The Bertz CT molecular complexity index is 775. The van der Waals surface area contributed by atoms with Crippen molar-refractivity contribution in [1.29, 1.82) is 0 Å². The molecule has 0 radical (unpaired) electrons. The number of carbonyl (C=O) groups excluding carboxylic acids is 1. The van der Waals surface area contributed by atoms with Gasteiger partial charge in [0.15, 0.2) is 5.65 Å². The third-order valence-corrected chi connectivity index (χ3v) is 4.91. The highest BCUT2D eigenvalue weighted by molar-refractivity contribution is 6.08. The van der Waals surface area contributed by atoms with E-state index < -0.39 is 0 Å². The first-order chi connectivity index (χ1) is 11.1. The molecule has 6 heteroatoms. The maximum Gasteiger partial charge on any atom is 0.252 e. The van der Waals surface area contributed by atoms with E-state index in [-0.39, 0.29) is 12.0 Å². The van der Waals surface area contributed by atoms with Crippen LogP contribution in [0.2, 0.25) is 0 Å². The number of pyridine rings is 1. The van der Waals surface area contributed by atoms with Crippen LogP contribution < -0.4 is 5.32 Å². The van der Waals surface area contributed by atoms with E-state index in [1.807, 2.05) is 14.0 Å². The van der Waals surface area contributed by atoms with Crippen LogP contribution >= 0.6 is 0 Å². The van der Waals surface area contributed by atoms with Gasteiger partial charge in [-0.05, 0) is 44.6 Å². The Morgan fingerprint density at radius 2 is 2.26 bits per heavy atom. The lowest BCUT2D eigenvalue weighted by atomic mass is 10.0. The predicted molar refractivity (Wildman–Crippen MR) is 86.6 cm³/mol. The van der Waals surface area contributed by atoms with Crippen molar-refractivity contribution in [3.63, 3.8) is 0 Å². The second kappa shape index (κ2) is 5.60. The second-order valence-corrected chi connectivity index (χ2v) is 6.52. The first-order valence-corrected chi connectivity index (χ1v) is 8.40. The number of fused-ring (bicyclic) bond motifs is 2. The van der Waals surface area contributed by atoms with Crippen LogP contribution in [0.15, 0.2) is 0 Å². The highest BCUT2D eigenvalue weighted by atomic mass is 16.5. The summed E-state index contributed by atoms with van der Waals surface area (Å²) in [6.45, 7) is 3.33. The molecule has 0 spiro atoms. The number of rotatable bonds is 3. The van der Waals surface area contributed by atoms with Gasteiger partial charge in [0.2, 0.25) is 0 Å². The maximum absolute atomic E-state index is 12.9. The van der Waals surface area contributed by atoms with Crippen molar-refractivity contribution in [2.75, 3.05) is 13.2 Å². The van der Waals surface area contributed by atoms with Crippen molar-refractivity contribution in [1.82, 2.24) is 20.1 Å². The summed E-state index contributed by atoms with van der Waals surface area (Å²) in [5.41, 5.74) is 4.63. The molecule has 23 heavy (non-hydrogen) atoms. The van der Waals surface area contributed by atoms with Crippen LogP contribution in [0.3, 0.4) is 0 Å². The fourth-order valence-corrected chi connectivity index (χ4v) is 3.82. The number of nitrogens with one attached hydrogen (secondary N) is 1. The van der Waals surface area contributed by atoms with Crippen molar-refractivity contribution in [3.05, 3.63) is 22.5 Å². The number of aromatic nitrogens is 3. The molecule has 6 nitrogen and oxygen atoms in total. The Morgan fingerprint density at radius 3 is 3.04 bits per heavy atom. The molecule has 0 saturated carbocycles. The largest absolute Gasteiger partial charge is 0.376 e. The number of hydrogen-bond acceptors (Lipinski definition) is 4. The zero-order valence-electron chi connectivity index (χ0n) is 13.7. The third-order valence-electron chi connectivity index (χ3n) is 4.91. The number of ether oxygens (including phenoxy) is 1. The zero-order valence-corrected chi connectivity index (χ0v) is 13.7. The van der Waals surface area contributed by atoms with Crippen molar-refractivity contribution in [2.45, 2.75) is 45.1 Å². The molecule has 4 rings (SSSR count). The average Bonchev–Trinajstić information content (AvgIpc) is 3.25. The lowest BCUT2D eigenvalue weighted by Gasteiger charge is -2.14. The van der Waals surface area contributed by atoms with Gasteiger partial charge in [-0.25, -0.2) is 4.98 Å². The van der Waals surface area contributed by atoms with E-state index >= 15 is 0 Å². The summed E-state index contributed by atoms with van der Waals surface area (Å²) in [5, 5.41) is 8.43. The molecule has 2 aromatic rings. The van der Waals surface area contributed by atoms with Crippen molar-refractivity contribution in [2.24, 2.45) is 7.05 Å². The number of aryl methyl sites for hydroxylation is 3. The van der Waals surface area contributed by atoms with Crippen LogP contribution in [-0.4, -0.2) is 39.9 Å². The fraction of sp³-hybridized carbons (Fsp3) is 0.588. The van der Waals surface area contributed by atoms with Crippen LogP contribution in [0.25, 0.3) is 11.0 Å². The first-order valence-electron chi connectivity index (χ1n) is 8.40. The molecule has 1 amide bonds. The molecule has 1 aliphatic carbocycles. The molecule has 0 bridgehead atoms. The lowest BCUT2D eigenvalue weighted by molar-refractivity contribution is 0.0858. The van der Waals surface area contributed by atoms with E-state index in [9.17, 15) is 4.79 Å². The topological polar surface area (TPSA) is 69.0 Å². The fourth-order valence-electron chi connectivity index (χ4n) is 3.82. The van der Waals surface area contributed by atoms with E-state index in [1.165, 1.54) is 0 Å². The molecule has 1 fully saturated rings. The minimum atomic E-state index is -0.0119. The van der Waals surface area contributed by atoms with Crippen molar-refractivity contribution in [3.8, 4) is 0 Å². The molecular weight excluding hydrogens is 292 g/mol. The quantitative estimate of drug-likeness (QED) is 0.936. The highest BCUT2D eigenvalue weighted by Crippen LogP contribution is 2.31. The molecule has 0 unspecified atom stereocenters. The van der Waals surface area contributed by atoms with Gasteiger partial charge < -0.3 is 10.1 Å². The van der Waals surface area contributed by atoms with Gasteiger partial charge in [-0.2, -0.15) is 5.10 Å². The number of amides is 1. The molecule has 3 heterocycles. The summed E-state index contributed by atoms with van der Waals surface area (Å²) < 4.78 is 7.38. The molecule has 2 aromatic heterocycles. The smallest absolute Gasteiger partial charge is 0.252 e. The molecular formula is C17H22N4O2. The molecule has 0 aromatic carbocycles. The van der Waals surface area contributed by atoms with Gasteiger partial charge in [0.1, 0.15) is 0 Å². The Hall–Kier alpha value is -1.95. The molecule has 1 saturated heterocycles. The summed E-state index contributed by atoms with van der Waals surface area (Å²) in [7, 11) is 1.89. The normalized spacial score (nSPS) is 20.2. The third kappa shape index (κ3) is 2.41. The summed E-state index contributed by atoms with van der Waals surface area (Å²) in [6, 6.07) is 0. The van der Waals surface area contributed by atoms with Gasteiger partial charge in [-0.3, -0.25) is 9.48 Å². The monoisotopic (exact) mass is 314 g/mol. The Balaban J connectivity index is 1.73. The predicted octanol–water partition coefficient (Wildman–Crippen LogP) is 1.67.